The zero-order valence-electron chi connectivity index (χ0n) is 17.1. The van der Waals surface area contributed by atoms with Crippen LogP contribution in [-0.2, 0) is 16.3 Å². The second kappa shape index (κ2) is 9.85. The molecule has 0 spiro atoms. The van der Waals surface area contributed by atoms with E-state index in [9.17, 15) is 13.2 Å². The van der Waals surface area contributed by atoms with Crippen LogP contribution in [0.2, 0.25) is 0 Å². The molecule has 0 unspecified atom stereocenters. The number of nitrogens with one attached hydrogen (secondary N) is 2. The number of aliphatic imine (C=N–C) groups is 1. The van der Waals surface area contributed by atoms with Gasteiger partial charge >= 0.3 is 6.18 Å². The summed E-state index contributed by atoms with van der Waals surface area (Å²) < 4.78 is 45.0. The van der Waals surface area contributed by atoms with Crippen LogP contribution < -0.4 is 10.6 Å². The van der Waals surface area contributed by atoms with Gasteiger partial charge in [0.15, 0.2) is 5.96 Å². The zero-order valence-corrected chi connectivity index (χ0v) is 19.4. The predicted octanol–water partition coefficient (Wildman–Crippen LogP) is 4.73. The van der Waals surface area contributed by atoms with Gasteiger partial charge in [0.2, 0.25) is 0 Å². The normalized spacial score (nSPS) is 20.9. The molecule has 29 heavy (non-hydrogen) atoms. The summed E-state index contributed by atoms with van der Waals surface area (Å²) >= 11 is 0. The van der Waals surface area contributed by atoms with Crippen molar-refractivity contribution in [1.82, 2.24) is 10.6 Å². The lowest BCUT2D eigenvalue weighted by Gasteiger charge is -2.40. The average Bonchev–Trinajstić information content (AvgIpc) is 2.67. The highest BCUT2D eigenvalue weighted by Crippen LogP contribution is 2.41. The number of hydrogen-bond acceptors (Lipinski definition) is 2. The van der Waals surface area contributed by atoms with Gasteiger partial charge in [0.05, 0.1) is 18.8 Å². The minimum Gasteiger partial charge on any atom is -0.380 e. The summed E-state index contributed by atoms with van der Waals surface area (Å²) in [5.41, 5.74) is 0.00150. The fraction of sp³-hybridized carbons (Fsp3) is 0.667. The fourth-order valence-electron chi connectivity index (χ4n) is 4.14. The third-order valence-corrected chi connectivity index (χ3v) is 6.01. The van der Waals surface area contributed by atoms with Gasteiger partial charge in [-0.05, 0) is 24.5 Å². The number of halogens is 4. The van der Waals surface area contributed by atoms with Gasteiger partial charge in [0.1, 0.15) is 0 Å². The van der Waals surface area contributed by atoms with Gasteiger partial charge in [-0.25, -0.2) is 0 Å². The number of guanidine groups is 1. The number of ether oxygens (including phenoxy) is 1. The molecular formula is C21H31F3IN3O. The van der Waals surface area contributed by atoms with Gasteiger partial charge in [0.25, 0.3) is 0 Å². The molecule has 2 fully saturated rings. The van der Waals surface area contributed by atoms with E-state index in [0.717, 1.165) is 63.5 Å². The summed E-state index contributed by atoms with van der Waals surface area (Å²) in [6, 6.07) is 5.84. The smallest absolute Gasteiger partial charge is 0.380 e. The van der Waals surface area contributed by atoms with E-state index >= 15 is 0 Å². The van der Waals surface area contributed by atoms with Crippen molar-refractivity contribution in [2.24, 2.45) is 10.4 Å². The molecule has 1 aliphatic carbocycles. The third-order valence-electron chi connectivity index (χ3n) is 6.01. The summed E-state index contributed by atoms with van der Waals surface area (Å²) in [7, 11) is 1.72. The second-order valence-corrected chi connectivity index (χ2v) is 8.50. The van der Waals surface area contributed by atoms with Gasteiger partial charge in [-0.3, -0.25) is 4.99 Å². The number of rotatable bonds is 5. The maximum atomic E-state index is 13.2. The Bertz CT molecular complexity index is 699. The van der Waals surface area contributed by atoms with Crippen molar-refractivity contribution in [2.45, 2.75) is 50.6 Å². The van der Waals surface area contributed by atoms with Gasteiger partial charge in [-0.1, -0.05) is 44.4 Å². The Morgan fingerprint density at radius 3 is 2.31 bits per heavy atom. The van der Waals surface area contributed by atoms with E-state index < -0.39 is 11.7 Å². The summed E-state index contributed by atoms with van der Waals surface area (Å²) in [6.07, 6.45) is 0.621. The predicted molar refractivity (Wildman–Crippen MR) is 120 cm³/mol. The van der Waals surface area contributed by atoms with Crippen LogP contribution in [0.5, 0.6) is 0 Å². The molecular weight excluding hydrogens is 494 g/mol. The zero-order chi connectivity index (χ0) is 20.3. The van der Waals surface area contributed by atoms with Gasteiger partial charge < -0.3 is 15.4 Å². The van der Waals surface area contributed by atoms with E-state index in [1.165, 1.54) is 12.1 Å². The highest BCUT2D eigenvalue weighted by Gasteiger charge is 2.37. The van der Waals surface area contributed by atoms with Crippen molar-refractivity contribution in [1.29, 1.82) is 0 Å². The lowest BCUT2D eigenvalue weighted by Crippen LogP contribution is -2.52. The Morgan fingerprint density at radius 1 is 1.10 bits per heavy atom. The van der Waals surface area contributed by atoms with E-state index in [1.54, 1.807) is 7.05 Å². The molecule has 1 heterocycles. The molecule has 0 atom stereocenters. The molecule has 8 heteroatoms. The standard InChI is InChI=1S/C21H30F3N3O.HI/c1-19(14-28-15-19)12-26-18(25-2)27-13-20(9-4-3-5-10-20)16-7-6-8-17(11-16)21(22,23)24;/h6-8,11H,3-5,9-10,12-15H2,1-2H3,(H2,25,26,27);1H. The molecule has 2 aliphatic rings. The first kappa shape index (κ1) is 24.2. The number of hydrogen-bond donors (Lipinski definition) is 2. The maximum absolute atomic E-state index is 13.2. The Morgan fingerprint density at radius 2 is 1.76 bits per heavy atom. The molecule has 3 rings (SSSR count). The van der Waals surface area contributed by atoms with Crippen LogP contribution >= 0.6 is 24.0 Å². The molecule has 0 aromatic heterocycles. The van der Waals surface area contributed by atoms with E-state index in [1.807, 2.05) is 6.07 Å². The largest absolute Gasteiger partial charge is 0.416 e. The van der Waals surface area contributed by atoms with Gasteiger partial charge in [-0.15, -0.1) is 24.0 Å². The first-order chi connectivity index (χ1) is 13.3. The summed E-state index contributed by atoms with van der Waals surface area (Å²) in [5.74, 6) is 0.685. The van der Waals surface area contributed by atoms with Crippen LogP contribution in [0.15, 0.2) is 29.3 Å². The highest BCUT2D eigenvalue weighted by molar-refractivity contribution is 14.0. The van der Waals surface area contributed by atoms with Crippen molar-refractivity contribution in [3.63, 3.8) is 0 Å². The van der Waals surface area contributed by atoms with Crippen molar-refractivity contribution >= 4 is 29.9 Å². The van der Waals surface area contributed by atoms with Crippen LogP contribution in [0.25, 0.3) is 0 Å². The quantitative estimate of drug-likeness (QED) is 0.332. The monoisotopic (exact) mass is 525 g/mol. The number of alkyl halides is 3. The summed E-state index contributed by atoms with van der Waals surface area (Å²) in [6.45, 7) is 4.93. The van der Waals surface area contributed by atoms with Gasteiger partial charge in [-0.2, -0.15) is 13.2 Å². The van der Waals surface area contributed by atoms with Crippen LogP contribution in [0, 0.1) is 5.41 Å². The van der Waals surface area contributed by atoms with Crippen LogP contribution in [0.3, 0.4) is 0 Å². The molecule has 1 aromatic carbocycles. The molecule has 1 aliphatic heterocycles. The van der Waals surface area contributed by atoms with E-state index in [4.69, 9.17) is 4.74 Å². The molecule has 1 aromatic rings. The second-order valence-electron chi connectivity index (χ2n) is 8.50. The van der Waals surface area contributed by atoms with Crippen molar-refractivity contribution in [3.05, 3.63) is 35.4 Å². The first-order valence-corrected chi connectivity index (χ1v) is 9.96. The van der Waals surface area contributed by atoms with Crippen molar-refractivity contribution < 1.29 is 17.9 Å². The average molecular weight is 525 g/mol. The maximum Gasteiger partial charge on any atom is 0.416 e. The minimum atomic E-state index is -4.32. The molecule has 0 radical (unpaired) electrons. The van der Waals surface area contributed by atoms with Crippen molar-refractivity contribution in [2.75, 3.05) is 33.4 Å². The molecule has 2 N–H and O–H groups in total. The SMILES string of the molecule is CN=C(NCC1(C)COC1)NCC1(c2cccc(C(F)(F)F)c2)CCCCC1.I. The van der Waals surface area contributed by atoms with E-state index in [0.29, 0.717) is 12.5 Å². The molecule has 4 nitrogen and oxygen atoms in total. The molecule has 0 bridgehead atoms. The Hall–Kier alpha value is -1.03. The Balaban J connectivity index is 0.00000300. The third kappa shape index (κ3) is 5.99. The van der Waals surface area contributed by atoms with Crippen molar-refractivity contribution in [3.8, 4) is 0 Å². The van der Waals surface area contributed by atoms with Gasteiger partial charge in [0, 0.05) is 31.0 Å². The summed E-state index contributed by atoms with van der Waals surface area (Å²) in [5, 5.41) is 6.71. The molecule has 164 valence electrons. The van der Waals surface area contributed by atoms with E-state index in [-0.39, 0.29) is 34.8 Å². The lowest BCUT2D eigenvalue weighted by atomic mass is 9.69. The molecule has 1 saturated heterocycles. The summed E-state index contributed by atoms with van der Waals surface area (Å²) in [4.78, 5) is 4.29. The fourth-order valence-corrected chi connectivity index (χ4v) is 4.14. The molecule has 0 amide bonds. The molecule has 1 saturated carbocycles. The van der Waals surface area contributed by atoms with Crippen LogP contribution in [-0.4, -0.2) is 39.3 Å². The number of nitrogens with zero attached hydrogens (tertiary/aromatic N) is 1. The van der Waals surface area contributed by atoms with E-state index in [2.05, 4.69) is 22.5 Å². The van der Waals surface area contributed by atoms with Crippen LogP contribution in [0.4, 0.5) is 13.2 Å². The first-order valence-electron chi connectivity index (χ1n) is 9.96. The topological polar surface area (TPSA) is 45.7 Å². The van der Waals surface area contributed by atoms with Crippen LogP contribution in [0.1, 0.15) is 50.2 Å². The highest BCUT2D eigenvalue weighted by atomic mass is 127. The lowest BCUT2D eigenvalue weighted by molar-refractivity contribution is -0.137. The number of benzene rings is 1. The minimum absolute atomic E-state index is 0. The Labute approximate surface area is 188 Å². The Kier molecular flexibility index (Phi) is 8.23.